The fraction of sp³-hybridized carbons (Fsp3) is 1.00. The molecule has 0 bridgehead atoms. The Kier molecular flexibility index (Phi) is 3.63. The van der Waals surface area contributed by atoms with Crippen LogP contribution >= 0.6 is 0 Å². The molecule has 1 rings (SSSR count). The zero-order valence-electron chi connectivity index (χ0n) is 9.07. The second-order valence-electron chi connectivity index (χ2n) is 4.55. The molecule has 0 aromatic carbocycles. The van der Waals surface area contributed by atoms with Gasteiger partial charge >= 0.3 is 11.8 Å². The normalized spacial score (nSPS) is 22.0. The van der Waals surface area contributed by atoms with Gasteiger partial charge in [-0.25, -0.2) is 8.78 Å². The third-order valence-electron chi connectivity index (χ3n) is 2.94. The quantitative estimate of drug-likeness (QED) is 0.670. The molecule has 5 heteroatoms. The molecule has 0 saturated carbocycles. The number of nitrogens with zero attached hydrogens (tertiary/aromatic N) is 1. The molecule has 15 heavy (non-hydrogen) atoms. The van der Waals surface area contributed by atoms with E-state index in [0.717, 1.165) is 12.8 Å². The average Bonchev–Trinajstić information content (AvgIpc) is 2.06. The van der Waals surface area contributed by atoms with E-state index in [9.17, 15) is 17.6 Å². The van der Waals surface area contributed by atoms with Gasteiger partial charge in [0.2, 0.25) is 0 Å². The van der Waals surface area contributed by atoms with E-state index in [1.54, 1.807) is 0 Å². The Hall–Kier alpha value is -0.320. The van der Waals surface area contributed by atoms with E-state index in [2.05, 4.69) is 0 Å². The van der Waals surface area contributed by atoms with Crippen molar-refractivity contribution in [2.24, 2.45) is 5.92 Å². The summed E-state index contributed by atoms with van der Waals surface area (Å²) < 4.78 is 51.2. The molecular weight excluding hydrogens is 210 g/mol. The zero-order chi connectivity index (χ0) is 11.7. The SMILES string of the molecule is CC1CCN(CC(F)(F)C(C)(F)F)CC1. The summed E-state index contributed by atoms with van der Waals surface area (Å²) in [5.41, 5.74) is 0. The first-order valence-corrected chi connectivity index (χ1v) is 5.20. The van der Waals surface area contributed by atoms with Gasteiger partial charge in [0.25, 0.3) is 0 Å². The highest BCUT2D eigenvalue weighted by molar-refractivity contribution is 4.85. The lowest BCUT2D eigenvalue weighted by molar-refractivity contribution is -0.207. The first kappa shape index (κ1) is 12.7. The average molecular weight is 227 g/mol. The predicted molar refractivity (Wildman–Crippen MR) is 50.4 cm³/mol. The van der Waals surface area contributed by atoms with Crippen LogP contribution in [0.5, 0.6) is 0 Å². The second-order valence-corrected chi connectivity index (χ2v) is 4.55. The minimum Gasteiger partial charge on any atom is -0.297 e. The van der Waals surface area contributed by atoms with Crippen molar-refractivity contribution in [3.05, 3.63) is 0 Å². The summed E-state index contributed by atoms with van der Waals surface area (Å²) >= 11 is 0. The number of alkyl halides is 4. The lowest BCUT2D eigenvalue weighted by Crippen LogP contribution is -2.49. The first-order chi connectivity index (χ1) is 6.72. The van der Waals surface area contributed by atoms with Crippen LogP contribution in [0.3, 0.4) is 0 Å². The van der Waals surface area contributed by atoms with Crippen LogP contribution in [-0.4, -0.2) is 36.4 Å². The van der Waals surface area contributed by atoms with Crippen LogP contribution < -0.4 is 0 Å². The summed E-state index contributed by atoms with van der Waals surface area (Å²) in [7, 11) is 0. The van der Waals surface area contributed by atoms with E-state index in [-0.39, 0.29) is 6.92 Å². The fourth-order valence-electron chi connectivity index (χ4n) is 1.64. The van der Waals surface area contributed by atoms with Gasteiger partial charge in [-0.2, -0.15) is 8.78 Å². The van der Waals surface area contributed by atoms with Crippen LogP contribution in [-0.2, 0) is 0 Å². The Balaban J connectivity index is 2.48. The smallest absolute Gasteiger partial charge is 0.297 e. The maximum atomic E-state index is 13.0. The number of hydrogen-bond acceptors (Lipinski definition) is 1. The molecule has 0 amide bonds. The Morgan fingerprint density at radius 2 is 1.60 bits per heavy atom. The van der Waals surface area contributed by atoms with E-state index >= 15 is 0 Å². The van der Waals surface area contributed by atoms with Gasteiger partial charge in [0.1, 0.15) is 0 Å². The molecule has 0 unspecified atom stereocenters. The topological polar surface area (TPSA) is 3.24 Å². The maximum absolute atomic E-state index is 13.0. The van der Waals surface area contributed by atoms with Crippen molar-refractivity contribution in [2.75, 3.05) is 19.6 Å². The highest BCUT2D eigenvalue weighted by Gasteiger charge is 2.52. The highest BCUT2D eigenvalue weighted by Crippen LogP contribution is 2.35. The zero-order valence-corrected chi connectivity index (χ0v) is 9.07. The molecule has 1 saturated heterocycles. The number of piperidine rings is 1. The standard InChI is InChI=1S/C10H17F4N/c1-8-3-5-15(6-4-8)7-10(13,14)9(2,11)12/h8H,3-7H2,1-2H3. The molecule has 0 atom stereocenters. The van der Waals surface area contributed by atoms with E-state index in [0.29, 0.717) is 19.0 Å². The second kappa shape index (κ2) is 4.28. The Bertz CT molecular complexity index is 204. The Morgan fingerprint density at radius 3 is 2.00 bits per heavy atom. The Labute approximate surface area is 87.4 Å². The molecule has 0 aromatic heterocycles. The van der Waals surface area contributed by atoms with Gasteiger partial charge in [0, 0.05) is 6.92 Å². The Morgan fingerprint density at radius 1 is 1.13 bits per heavy atom. The predicted octanol–water partition coefficient (Wildman–Crippen LogP) is 3.01. The summed E-state index contributed by atoms with van der Waals surface area (Å²) in [4.78, 5) is 1.43. The lowest BCUT2D eigenvalue weighted by atomic mass is 9.98. The lowest BCUT2D eigenvalue weighted by Gasteiger charge is -2.34. The molecule has 0 N–H and O–H groups in total. The summed E-state index contributed by atoms with van der Waals surface area (Å²) in [5.74, 6) is -7.35. The van der Waals surface area contributed by atoms with Crippen molar-refractivity contribution in [1.29, 1.82) is 0 Å². The summed E-state index contributed by atoms with van der Waals surface area (Å²) in [6, 6.07) is 0. The molecular formula is C10H17F4N. The van der Waals surface area contributed by atoms with Crippen LogP contribution in [0, 0.1) is 5.92 Å². The van der Waals surface area contributed by atoms with Gasteiger partial charge in [0.05, 0.1) is 6.54 Å². The van der Waals surface area contributed by atoms with E-state index in [1.807, 2.05) is 6.92 Å². The largest absolute Gasteiger partial charge is 0.322 e. The van der Waals surface area contributed by atoms with Crippen LogP contribution in [0.1, 0.15) is 26.7 Å². The van der Waals surface area contributed by atoms with Crippen molar-refractivity contribution >= 4 is 0 Å². The molecule has 90 valence electrons. The minimum atomic E-state index is -3.93. The third-order valence-corrected chi connectivity index (χ3v) is 2.94. The number of halogens is 4. The molecule has 1 aliphatic heterocycles. The minimum absolute atomic E-state index is 0.277. The summed E-state index contributed by atoms with van der Waals surface area (Å²) in [6.45, 7) is 2.48. The number of likely N-dealkylation sites (tertiary alicyclic amines) is 1. The first-order valence-electron chi connectivity index (χ1n) is 5.20. The van der Waals surface area contributed by atoms with Crippen LogP contribution in [0.15, 0.2) is 0 Å². The fourth-order valence-corrected chi connectivity index (χ4v) is 1.64. The monoisotopic (exact) mass is 227 g/mol. The van der Waals surface area contributed by atoms with E-state index in [4.69, 9.17) is 0 Å². The van der Waals surface area contributed by atoms with Crippen LogP contribution in [0.2, 0.25) is 0 Å². The molecule has 0 spiro atoms. The van der Waals surface area contributed by atoms with Crippen molar-refractivity contribution in [1.82, 2.24) is 4.90 Å². The molecule has 0 aromatic rings. The number of rotatable bonds is 3. The van der Waals surface area contributed by atoms with Gasteiger partial charge in [-0.15, -0.1) is 0 Å². The van der Waals surface area contributed by atoms with Crippen LogP contribution in [0.4, 0.5) is 17.6 Å². The molecule has 1 fully saturated rings. The van der Waals surface area contributed by atoms with E-state index < -0.39 is 18.4 Å². The molecule has 0 radical (unpaired) electrons. The van der Waals surface area contributed by atoms with Crippen molar-refractivity contribution in [3.63, 3.8) is 0 Å². The van der Waals surface area contributed by atoms with Gasteiger partial charge in [0.15, 0.2) is 0 Å². The summed E-state index contributed by atoms with van der Waals surface area (Å²) in [5, 5.41) is 0. The summed E-state index contributed by atoms with van der Waals surface area (Å²) in [6.07, 6.45) is 1.62. The molecule has 1 aliphatic rings. The third kappa shape index (κ3) is 3.33. The molecule has 1 nitrogen and oxygen atoms in total. The highest BCUT2D eigenvalue weighted by atomic mass is 19.3. The van der Waals surface area contributed by atoms with Gasteiger partial charge in [-0.1, -0.05) is 6.92 Å². The van der Waals surface area contributed by atoms with Gasteiger partial charge in [-0.3, -0.25) is 4.90 Å². The number of hydrogen-bond donors (Lipinski definition) is 0. The van der Waals surface area contributed by atoms with E-state index in [1.165, 1.54) is 4.90 Å². The molecule has 0 aliphatic carbocycles. The van der Waals surface area contributed by atoms with Crippen molar-refractivity contribution < 1.29 is 17.6 Å². The maximum Gasteiger partial charge on any atom is 0.322 e. The van der Waals surface area contributed by atoms with Crippen LogP contribution in [0.25, 0.3) is 0 Å². The van der Waals surface area contributed by atoms with Gasteiger partial charge in [-0.05, 0) is 31.8 Å². The van der Waals surface area contributed by atoms with Crippen molar-refractivity contribution in [2.45, 2.75) is 38.5 Å². The van der Waals surface area contributed by atoms with Gasteiger partial charge < -0.3 is 0 Å². The molecule has 1 heterocycles. The van der Waals surface area contributed by atoms with Crippen molar-refractivity contribution in [3.8, 4) is 0 Å².